The van der Waals surface area contributed by atoms with E-state index in [-0.39, 0.29) is 6.04 Å². The molecule has 3 heteroatoms. The predicted molar refractivity (Wildman–Crippen MR) is 80.9 cm³/mol. The first-order valence-corrected chi connectivity index (χ1v) is 7.33. The Morgan fingerprint density at radius 2 is 2.00 bits per heavy atom. The van der Waals surface area contributed by atoms with Crippen molar-refractivity contribution in [3.63, 3.8) is 0 Å². The fourth-order valence-electron chi connectivity index (χ4n) is 2.44. The Morgan fingerprint density at radius 1 is 1.16 bits per heavy atom. The maximum absolute atomic E-state index is 6.00. The summed E-state index contributed by atoms with van der Waals surface area (Å²) < 4.78 is 6.00. The Bertz CT molecular complexity index is 710. The molecule has 98 valence electrons. The number of aryl methyl sites for hydroxylation is 2. The largest absolute Gasteiger partial charge is 0.459 e. The van der Waals surface area contributed by atoms with Crippen molar-refractivity contribution in [1.29, 1.82) is 0 Å². The van der Waals surface area contributed by atoms with Gasteiger partial charge in [-0.2, -0.15) is 11.3 Å². The average Bonchev–Trinajstić information content (AvgIpc) is 2.97. The standard InChI is InChI=1S/C16H17NOS/c1-10-4-5-14-12(6-10)7-15(18-14)16(17-3)13-9-19-8-11(13)2/h4-9,16-17H,1-3H3. The van der Waals surface area contributed by atoms with Gasteiger partial charge in [0, 0.05) is 5.39 Å². The van der Waals surface area contributed by atoms with E-state index in [1.54, 1.807) is 11.3 Å². The summed E-state index contributed by atoms with van der Waals surface area (Å²) in [5.41, 5.74) is 4.81. The third kappa shape index (κ3) is 2.20. The summed E-state index contributed by atoms with van der Waals surface area (Å²) in [4.78, 5) is 0. The smallest absolute Gasteiger partial charge is 0.134 e. The highest BCUT2D eigenvalue weighted by Crippen LogP contribution is 2.31. The summed E-state index contributed by atoms with van der Waals surface area (Å²) >= 11 is 1.73. The van der Waals surface area contributed by atoms with E-state index in [9.17, 15) is 0 Å². The van der Waals surface area contributed by atoms with Gasteiger partial charge < -0.3 is 9.73 Å². The molecule has 0 aliphatic rings. The van der Waals surface area contributed by atoms with Crippen LogP contribution in [0.3, 0.4) is 0 Å². The van der Waals surface area contributed by atoms with Crippen molar-refractivity contribution in [1.82, 2.24) is 5.32 Å². The van der Waals surface area contributed by atoms with Gasteiger partial charge in [-0.3, -0.25) is 0 Å². The van der Waals surface area contributed by atoms with Crippen molar-refractivity contribution >= 4 is 22.3 Å². The van der Waals surface area contributed by atoms with E-state index < -0.39 is 0 Å². The molecular formula is C16H17NOS. The third-order valence-electron chi connectivity index (χ3n) is 3.47. The summed E-state index contributed by atoms with van der Waals surface area (Å²) in [6.45, 7) is 4.24. The lowest BCUT2D eigenvalue weighted by molar-refractivity contribution is 0.491. The highest BCUT2D eigenvalue weighted by molar-refractivity contribution is 7.08. The van der Waals surface area contributed by atoms with E-state index in [1.165, 1.54) is 22.1 Å². The zero-order chi connectivity index (χ0) is 13.4. The number of rotatable bonds is 3. The van der Waals surface area contributed by atoms with Gasteiger partial charge in [0.1, 0.15) is 11.3 Å². The van der Waals surface area contributed by atoms with Crippen LogP contribution >= 0.6 is 11.3 Å². The van der Waals surface area contributed by atoms with Crippen molar-refractivity contribution in [2.24, 2.45) is 0 Å². The molecule has 1 atom stereocenters. The van der Waals surface area contributed by atoms with Gasteiger partial charge in [0.2, 0.25) is 0 Å². The summed E-state index contributed by atoms with van der Waals surface area (Å²) in [6, 6.07) is 8.55. The lowest BCUT2D eigenvalue weighted by atomic mass is 10.0. The minimum absolute atomic E-state index is 0.124. The maximum atomic E-state index is 6.00. The first-order valence-electron chi connectivity index (χ1n) is 6.39. The van der Waals surface area contributed by atoms with E-state index in [0.717, 1.165) is 11.3 Å². The lowest BCUT2D eigenvalue weighted by Gasteiger charge is -2.13. The number of thiophene rings is 1. The molecule has 1 aromatic carbocycles. The van der Waals surface area contributed by atoms with Crippen molar-refractivity contribution in [3.05, 3.63) is 57.5 Å². The first-order chi connectivity index (χ1) is 9.19. The minimum Gasteiger partial charge on any atom is -0.459 e. The fourth-order valence-corrected chi connectivity index (χ4v) is 3.32. The molecule has 2 nitrogen and oxygen atoms in total. The van der Waals surface area contributed by atoms with Crippen LogP contribution in [-0.4, -0.2) is 7.05 Å². The Hall–Kier alpha value is -1.58. The highest BCUT2D eigenvalue weighted by atomic mass is 32.1. The van der Waals surface area contributed by atoms with Crippen LogP contribution in [0.2, 0.25) is 0 Å². The van der Waals surface area contributed by atoms with Crippen molar-refractivity contribution in [3.8, 4) is 0 Å². The van der Waals surface area contributed by atoms with Crippen molar-refractivity contribution < 1.29 is 4.42 Å². The number of furan rings is 1. The topological polar surface area (TPSA) is 25.2 Å². The monoisotopic (exact) mass is 271 g/mol. The van der Waals surface area contributed by atoms with Crippen LogP contribution in [0.1, 0.15) is 28.5 Å². The zero-order valence-corrected chi connectivity index (χ0v) is 12.2. The van der Waals surface area contributed by atoms with E-state index in [0.29, 0.717) is 0 Å². The number of benzene rings is 1. The second-order valence-corrected chi connectivity index (χ2v) is 5.67. The molecule has 0 aliphatic heterocycles. The third-order valence-corrected chi connectivity index (χ3v) is 4.35. The molecule has 1 N–H and O–H groups in total. The van der Waals surface area contributed by atoms with E-state index in [1.807, 2.05) is 13.1 Å². The molecule has 19 heavy (non-hydrogen) atoms. The minimum atomic E-state index is 0.124. The highest BCUT2D eigenvalue weighted by Gasteiger charge is 2.19. The molecule has 1 unspecified atom stereocenters. The van der Waals surface area contributed by atoms with Crippen molar-refractivity contribution in [2.75, 3.05) is 7.05 Å². The second kappa shape index (κ2) is 4.83. The Labute approximate surface area is 117 Å². The van der Waals surface area contributed by atoms with Crippen LogP contribution in [0.15, 0.2) is 39.4 Å². The van der Waals surface area contributed by atoms with Gasteiger partial charge in [-0.25, -0.2) is 0 Å². The summed E-state index contributed by atoms with van der Waals surface area (Å²) in [7, 11) is 1.97. The number of fused-ring (bicyclic) bond motifs is 1. The van der Waals surface area contributed by atoms with Crippen LogP contribution in [0.25, 0.3) is 11.0 Å². The maximum Gasteiger partial charge on any atom is 0.134 e. The van der Waals surface area contributed by atoms with Gasteiger partial charge in [0.05, 0.1) is 6.04 Å². The molecular weight excluding hydrogens is 254 g/mol. The molecule has 3 rings (SSSR count). The van der Waals surface area contributed by atoms with Gasteiger partial charge in [0.25, 0.3) is 0 Å². The number of hydrogen-bond donors (Lipinski definition) is 1. The Morgan fingerprint density at radius 3 is 2.68 bits per heavy atom. The second-order valence-electron chi connectivity index (χ2n) is 4.92. The molecule has 0 aliphatic carbocycles. The van der Waals surface area contributed by atoms with E-state index in [2.05, 4.69) is 48.1 Å². The SMILES string of the molecule is CNC(c1cc2cc(C)ccc2o1)c1cscc1C. The van der Waals surface area contributed by atoms with Crippen LogP contribution in [0, 0.1) is 13.8 Å². The van der Waals surface area contributed by atoms with Gasteiger partial charge in [-0.05, 0) is 61.0 Å². The normalized spacial score (nSPS) is 13.0. The van der Waals surface area contributed by atoms with Crippen LogP contribution in [0.5, 0.6) is 0 Å². The van der Waals surface area contributed by atoms with Crippen LogP contribution in [0.4, 0.5) is 0 Å². The summed E-state index contributed by atoms with van der Waals surface area (Å²) in [5, 5.41) is 8.88. The zero-order valence-electron chi connectivity index (χ0n) is 11.4. The molecule has 0 fully saturated rings. The lowest BCUT2D eigenvalue weighted by Crippen LogP contribution is -2.17. The van der Waals surface area contributed by atoms with Gasteiger partial charge in [0.15, 0.2) is 0 Å². The molecule has 2 aromatic heterocycles. The molecule has 3 aromatic rings. The molecule has 2 heterocycles. The molecule has 0 amide bonds. The molecule has 0 saturated carbocycles. The summed E-state index contributed by atoms with van der Waals surface area (Å²) in [6.07, 6.45) is 0. The van der Waals surface area contributed by atoms with Gasteiger partial charge >= 0.3 is 0 Å². The quantitative estimate of drug-likeness (QED) is 0.763. The van der Waals surface area contributed by atoms with Gasteiger partial charge in [-0.15, -0.1) is 0 Å². The van der Waals surface area contributed by atoms with Crippen molar-refractivity contribution in [2.45, 2.75) is 19.9 Å². The number of hydrogen-bond acceptors (Lipinski definition) is 3. The van der Waals surface area contributed by atoms with E-state index in [4.69, 9.17) is 4.42 Å². The average molecular weight is 271 g/mol. The fraction of sp³-hybridized carbons (Fsp3) is 0.250. The Balaban J connectivity index is 2.09. The number of nitrogens with one attached hydrogen (secondary N) is 1. The van der Waals surface area contributed by atoms with E-state index >= 15 is 0 Å². The molecule has 0 radical (unpaired) electrons. The summed E-state index contributed by atoms with van der Waals surface area (Å²) in [5.74, 6) is 0.976. The van der Waals surface area contributed by atoms with Crippen LogP contribution < -0.4 is 5.32 Å². The molecule has 0 bridgehead atoms. The Kier molecular flexibility index (Phi) is 3.17. The molecule has 0 spiro atoms. The van der Waals surface area contributed by atoms with Crippen LogP contribution in [-0.2, 0) is 0 Å². The molecule has 0 saturated heterocycles. The predicted octanol–water partition coefficient (Wildman–Crippen LogP) is 4.42. The first kappa shape index (κ1) is 12.5. The van der Waals surface area contributed by atoms with Gasteiger partial charge in [-0.1, -0.05) is 11.6 Å².